The number of rotatable bonds is 4. The quantitative estimate of drug-likeness (QED) is 0.733. The fourth-order valence-corrected chi connectivity index (χ4v) is 2.37. The zero-order chi connectivity index (χ0) is 13.8. The molecular formula is C17H17ClO. The highest BCUT2D eigenvalue weighted by molar-refractivity contribution is 6.31. The van der Waals surface area contributed by atoms with Crippen molar-refractivity contribution in [1.29, 1.82) is 0 Å². The average molecular weight is 273 g/mol. The maximum Gasteiger partial charge on any atom is 0.163 e. The number of carbonyl (C=O) groups excluding carboxylic acids is 1. The van der Waals surface area contributed by atoms with Crippen molar-refractivity contribution in [1.82, 2.24) is 0 Å². The first-order chi connectivity index (χ1) is 9.06. The third-order valence-electron chi connectivity index (χ3n) is 3.27. The predicted molar refractivity (Wildman–Crippen MR) is 80.0 cm³/mol. The lowest BCUT2D eigenvalue weighted by Gasteiger charge is -2.06. The highest BCUT2D eigenvalue weighted by atomic mass is 35.5. The molecule has 0 bridgehead atoms. The Bertz CT molecular complexity index is 602. The Hall–Kier alpha value is -1.60. The monoisotopic (exact) mass is 272 g/mol. The number of Topliss-reactive ketones (excluding diaryl/α,β-unsaturated/α-hetero) is 1. The standard InChI is InChI=1S/C17H17ClO/c1-12-6-7-14(13(2)10-12)8-9-17(19)15-4-3-5-16(18)11-15/h3-7,10-11H,8-9H2,1-2H3. The van der Waals surface area contributed by atoms with E-state index < -0.39 is 0 Å². The van der Waals surface area contributed by atoms with E-state index in [1.54, 1.807) is 12.1 Å². The van der Waals surface area contributed by atoms with Crippen LogP contribution in [0.3, 0.4) is 0 Å². The molecule has 0 radical (unpaired) electrons. The molecule has 0 saturated carbocycles. The first-order valence-corrected chi connectivity index (χ1v) is 6.79. The van der Waals surface area contributed by atoms with Gasteiger partial charge in [-0.05, 0) is 43.5 Å². The molecular weight excluding hydrogens is 256 g/mol. The maximum absolute atomic E-state index is 12.1. The second-order valence-corrected chi connectivity index (χ2v) is 5.30. The Balaban J connectivity index is 2.04. The van der Waals surface area contributed by atoms with E-state index in [1.807, 2.05) is 12.1 Å². The van der Waals surface area contributed by atoms with Gasteiger partial charge in [-0.2, -0.15) is 0 Å². The van der Waals surface area contributed by atoms with Crippen molar-refractivity contribution in [3.8, 4) is 0 Å². The summed E-state index contributed by atoms with van der Waals surface area (Å²) < 4.78 is 0. The summed E-state index contributed by atoms with van der Waals surface area (Å²) in [5, 5.41) is 0.609. The molecule has 0 atom stereocenters. The molecule has 0 spiro atoms. The molecule has 2 heteroatoms. The summed E-state index contributed by atoms with van der Waals surface area (Å²) >= 11 is 5.90. The summed E-state index contributed by atoms with van der Waals surface area (Å²) in [5.41, 5.74) is 4.43. The number of ketones is 1. The van der Waals surface area contributed by atoms with Gasteiger partial charge < -0.3 is 0 Å². The van der Waals surface area contributed by atoms with E-state index in [4.69, 9.17) is 11.6 Å². The summed E-state index contributed by atoms with van der Waals surface area (Å²) in [6, 6.07) is 13.5. The second-order valence-electron chi connectivity index (χ2n) is 4.86. The Morgan fingerprint density at radius 1 is 1.11 bits per heavy atom. The summed E-state index contributed by atoms with van der Waals surface area (Å²) in [5.74, 6) is 0.141. The second kappa shape index (κ2) is 6.03. The molecule has 0 unspecified atom stereocenters. The number of hydrogen-bond donors (Lipinski definition) is 0. The summed E-state index contributed by atoms with van der Waals surface area (Å²) in [4.78, 5) is 12.1. The summed E-state index contributed by atoms with van der Waals surface area (Å²) in [7, 11) is 0. The van der Waals surface area contributed by atoms with E-state index in [2.05, 4.69) is 32.0 Å². The molecule has 0 aliphatic carbocycles. The van der Waals surface area contributed by atoms with Gasteiger partial charge in [-0.3, -0.25) is 4.79 Å². The van der Waals surface area contributed by atoms with E-state index in [1.165, 1.54) is 16.7 Å². The van der Waals surface area contributed by atoms with Gasteiger partial charge in [0.25, 0.3) is 0 Å². The van der Waals surface area contributed by atoms with Gasteiger partial charge in [-0.25, -0.2) is 0 Å². The maximum atomic E-state index is 12.1. The SMILES string of the molecule is Cc1ccc(CCC(=O)c2cccc(Cl)c2)c(C)c1. The normalized spacial score (nSPS) is 10.5. The molecule has 0 aliphatic heterocycles. The van der Waals surface area contributed by atoms with Crippen LogP contribution in [-0.4, -0.2) is 5.78 Å². The molecule has 2 aromatic rings. The molecule has 0 fully saturated rings. The molecule has 0 aliphatic rings. The zero-order valence-electron chi connectivity index (χ0n) is 11.2. The van der Waals surface area contributed by atoms with Crippen molar-refractivity contribution in [3.05, 3.63) is 69.7 Å². The minimum absolute atomic E-state index is 0.141. The van der Waals surface area contributed by atoms with Crippen LogP contribution in [0.2, 0.25) is 5.02 Å². The van der Waals surface area contributed by atoms with Gasteiger partial charge in [0.1, 0.15) is 0 Å². The molecule has 0 aromatic heterocycles. The molecule has 0 saturated heterocycles. The molecule has 98 valence electrons. The minimum atomic E-state index is 0.141. The van der Waals surface area contributed by atoms with Crippen molar-refractivity contribution in [3.63, 3.8) is 0 Å². The van der Waals surface area contributed by atoms with Crippen LogP contribution < -0.4 is 0 Å². The zero-order valence-corrected chi connectivity index (χ0v) is 12.0. The van der Waals surface area contributed by atoms with Crippen molar-refractivity contribution >= 4 is 17.4 Å². The topological polar surface area (TPSA) is 17.1 Å². The molecule has 2 rings (SSSR count). The van der Waals surface area contributed by atoms with E-state index in [9.17, 15) is 4.79 Å². The van der Waals surface area contributed by atoms with Gasteiger partial charge in [-0.15, -0.1) is 0 Å². The Morgan fingerprint density at radius 2 is 1.89 bits per heavy atom. The Labute approximate surface area is 119 Å². The van der Waals surface area contributed by atoms with Crippen LogP contribution in [0.4, 0.5) is 0 Å². The van der Waals surface area contributed by atoms with Crippen LogP contribution in [0, 0.1) is 13.8 Å². The largest absolute Gasteiger partial charge is 0.294 e. The number of hydrogen-bond acceptors (Lipinski definition) is 1. The van der Waals surface area contributed by atoms with E-state index >= 15 is 0 Å². The van der Waals surface area contributed by atoms with E-state index in [-0.39, 0.29) is 5.78 Å². The summed E-state index contributed by atoms with van der Waals surface area (Å²) in [6.07, 6.45) is 1.29. The van der Waals surface area contributed by atoms with Crippen LogP contribution in [0.15, 0.2) is 42.5 Å². The summed E-state index contributed by atoms with van der Waals surface area (Å²) in [6.45, 7) is 4.17. The Morgan fingerprint density at radius 3 is 2.58 bits per heavy atom. The van der Waals surface area contributed by atoms with Crippen molar-refractivity contribution in [2.45, 2.75) is 26.7 Å². The van der Waals surface area contributed by atoms with E-state index in [0.29, 0.717) is 17.0 Å². The first kappa shape index (κ1) is 13.8. The highest BCUT2D eigenvalue weighted by Crippen LogP contribution is 2.16. The lowest BCUT2D eigenvalue weighted by molar-refractivity contribution is 0.0983. The molecule has 1 nitrogen and oxygen atoms in total. The van der Waals surface area contributed by atoms with Gasteiger partial charge in [0.15, 0.2) is 5.78 Å². The molecule has 19 heavy (non-hydrogen) atoms. The molecule has 0 amide bonds. The van der Waals surface area contributed by atoms with Gasteiger partial charge in [0, 0.05) is 17.0 Å². The number of halogens is 1. The fourth-order valence-electron chi connectivity index (χ4n) is 2.18. The van der Waals surface area contributed by atoms with Gasteiger partial charge in [-0.1, -0.05) is 47.5 Å². The van der Waals surface area contributed by atoms with Crippen LogP contribution in [-0.2, 0) is 6.42 Å². The third kappa shape index (κ3) is 3.68. The van der Waals surface area contributed by atoms with Gasteiger partial charge >= 0.3 is 0 Å². The molecule has 0 N–H and O–H groups in total. The van der Waals surface area contributed by atoms with Crippen LogP contribution in [0.25, 0.3) is 0 Å². The lowest BCUT2D eigenvalue weighted by atomic mass is 9.98. The third-order valence-corrected chi connectivity index (χ3v) is 3.50. The van der Waals surface area contributed by atoms with Crippen molar-refractivity contribution in [2.75, 3.05) is 0 Å². The molecule has 2 aromatic carbocycles. The number of benzene rings is 2. The lowest BCUT2D eigenvalue weighted by Crippen LogP contribution is -2.02. The van der Waals surface area contributed by atoms with Gasteiger partial charge in [0.2, 0.25) is 0 Å². The van der Waals surface area contributed by atoms with E-state index in [0.717, 1.165) is 6.42 Å². The Kier molecular flexibility index (Phi) is 4.39. The highest BCUT2D eigenvalue weighted by Gasteiger charge is 2.07. The van der Waals surface area contributed by atoms with Crippen LogP contribution in [0.5, 0.6) is 0 Å². The van der Waals surface area contributed by atoms with Gasteiger partial charge in [0.05, 0.1) is 0 Å². The number of carbonyl (C=O) groups is 1. The van der Waals surface area contributed by atoms with Crippen molar-refractivity contribution in [2.24, 2.45) is 0 Å². The van der Waals surface area contributed by atoms with Crippen LogP contribution in [0.1, 0.15) is 33.5 Å². The fraction of sp³-hybridized carbons (Fsp3) is 0.235. The minimum Gasteiger partial charge on any atom is -0.294 e. The predicted octanol–water partition coefficient (Wildman–Crippen LogP) is 4.77. The van der Waals surface area contributed by atoms with Crippen molar-refractivity contribution < 1.29 is 4.79 Å². The molecule has 0 heterocycles. The average Bonchev–Trinajstić information content (AvgIpc) is 2.37. The van der Waals surface area contributed by atoms with Crippen LogP contribution >= 0.6 is 11.6 Å². The smallest absolute Gasteiger partial charge is 0.163 e. The number of aryl methyl sites for hydroxylation is 3. The first-order valence-electron chi connectivity index (χ1n) is 6.41.